The van der Waals surface area contributed by atoms with E-state index in [1.54, 1.807) is 18.2 Å². The summed E-state index contributed by atoms with van der Waals surface area (Å²) in [6, 6.07) is 14.5. The lowest BCUT2D eigenvalue weighted by Gasteiger charge is -2.17. The van der Waals surface area contributed by atoms with Crippen molar-refractivity contribution >= 4 is 16.9 Å². The molecule has 5 nitrogen and oxygen atoms in total. The predicted molar refractivity (Wildman–Crippen MR) is 107 cm³/mol. The van der Waals surface area contributed by atoms with E-state index >= 15 is 0 Å². The molecule has 28 heavy (non-hydrogen) atoms. The van der Waals surface area contributed by atoms with Crippen LogP contribution in [0.2, 0.25) is 0 Å². The summed E-state index contributed by atoms with van der Waals surface area (Å²) in [5.41, 5.74) is 3.26. The molecule has 0 bridgehead atoms. The zero-order valence-electron chi connectivity index (χ0n) is 15.2. The first kappa shape index (κ1) is 17.8. The second-order valence-electron chi connectivity index (χ2n) is 6.75. The van der Waals surface area contributed by atoms with E-state index in [-0.39, 0.29) is 16.7 Å². The molecule has 0 fully saturated rings. The fraction of sp³-hybridized carbons (Fsp3) is 0.130. The van der Waals surface area contributed by atoms with Gasteiger partial charge in [-0.15, -0.1) is 0 Å². The standard InChI is InChI=1S/C23H18O5/c1-2-3-13-4-7-16(23(26)27)19(10-13)22-17-8-5-14(24)11-20(17)28-21-12-15(25)6-9-18(21)22/h4-12,24H,2-3H2,1H3,(H,26,27). The van der Waals surface area contributed by atoms with Gasteiger partial charge in [-0.2, -0.15) is 0 Å². The predicted octanol–water partition coefficient (Wildman–Crippen LogP) is 4.92. The highest BCUT2D eigenvalue weighted by Gasteiger charge is 2.22. The van der Waals surface area contributed by atoms with Gasteiger partial charge in [-0.05, 0) is 47.9 Å². The average molecular weight is 374 g/mol. The molecule has 4 rings (SSSR count). The van der Waals surface area contributed by atoms with Gasteiger partial charge in [0, 0.05) is 28.6 Å². The number of aromatic carboxylic acids is 1. The Morgan fingerprint density at radius 2 is 1.82 bits per heavy atom. The SMILES string of the molecule is CCCc1ccc(C(=O)O)c(-c2c3ccc(=O)cc-3oc3cc(O)ccc23)c1. The molecule has 0 amide bonds. The summed E-state index contributed by atoms with van der Waals surface area (Å²) >= 11 is 0. The minimum absolute atomic E-state index is 0.0259. The molecule has 0 saturated heterocycles. The molecule has 0 aromatic heterocycles. The van der Waals surface area contributed by atoms with E-state index in [0.717, 1.165) is 18.4 Å². The van der Waals surface area contributed by atoms with E-state index in [4.69, 9.17) is 4.42 Å². The Balaban J connectivity index is 2.17. The van der Waals surface area contributed by atoms with Gasteiger partial charge in [0.25, 0.3) is 0 Å². The summed E-state index contributed by atoms with van der Waals surface area (Å²) in [6.07, 6.45) is 1.76. The average Bonchev–Trinajstić information content (AvgIpc) is 2.66. The van der Waals surface area contributed by atoms with Crippen molar-refractivity contribution < 1.29 is 19.4 Å². The van der Waals surface area contributed by atoms with Crippen LogP contribution in [0.3, 0.4) is 0 Å². The smallest absolute Gasteiger partial charge is 0.336 e. The van der Waals surface area contributed by atoms with E-state index in [0.29, 0.717) is 33.4 Å². The van der Waals surface area contributed by atoms with Gasteiger partial charge in [0.05, 0.1) is 5.56 Å². The summed E-state index contributed by atoms with van der Waals surface area (Å²) in [5, 5.41) is 20.3. The van der Waals surface area contributed by atoms with Crippen LogP contribution in [0.5, 0.6) is 5.75 Å². The van der Waals surface area contributed by atoms with E-state index in [2.05, 4.69) is 6.92 Å². The molecule has 0 saturated carbocycles. The number of aryl methyl sites for hydroxylation is 1. The van der Waals surface area contributed by atoms with Crippen LogP contribution >= 0.6 is 0 Å². The third-order valence-electron chi connectivity index (χ3n) is 4.80. The van der Waals surface area contributed by atoms with Crippen molar-refractivity contribution in [1.29, 1.82) is 0 Å². The monoisotopic (exact) mass is 374 g/mol. The van der Waals surface area contributed by atoms with Gasteiger partial charge in [-0.25, -0.2) is 4.79 Å². The van der Waals surface area contributed by atoms with E-state index < -0.39 is 5.97 Å². The lowest BCUT2D eigenvalue weighted by atomic mass is 9.89. The second-order valence-corrected chi connectivity index (χ2v) is 6.75. The fourth-order valence-electron chi connectivity index (χ4n) is 3.58. The van der Waals surface area contributed by atoms with Crippen LogP contribution in [0.4, 0.5) is 0 Å². The molecular weight excluding hydrogens is 356 g/mol. The first-order valence-corrected chi connectivity index (χ1v) is 9.04. The molecule has 1 heterocycles. The molecule has 0 radical (unpaired) electrons. The highest BCUT2D eigenvalue weighted by Crippen LogP contribution is 2.42. The number of carboxylic acid groups (broad SMARTS) is 1. The summed E-state index contributed by atoms with van der Waals surface area (Å²) in [5.74, 6) is -0.657. The van der Waals surface area contributed by atoms with Crippen LogP contribution in [0, 0.1) is 0 Å². The number of phenolic OH excluding ortho intramolecular Hbond substituents is 1. The number of hydrogen-bond donors (Lipinski definition) is 2. The summed E-state index contributed by atoms with van der Waals surface area (Å²) in [7, 11) is 0. The van der Waals surface area contributed by atoms with Gasteiger partial charge in [0.2, 0.25) is 0 Å². The van der Waals surface area contributed by atoms with Gasteiger partial charge < -0.3 is 14.6 Å². The number of aromatic hydroxyl groups is 1. The van der Waals surface area contributed by atoms with Crippen molar-refractivity contribution in [3.05, 3.63) is 75.9 Å². The Labute approximate surface area is 160 Å². The molecule has 1 aliphatic carbocycles. The van der Waals surface area contributed by atoms with Crippen molar-refractivity contribution in [2.45, 2.75) is 19.8 Å². The topological polar surface area (TPSA) is 87.7 Å². The Hall–Kier alpha value is -3.60. The van der Waals surface area contributed by atoms with Crippen molar-refractivity contribution in [3.63, 3.8) is 0 Å². The third-order valence-corrected chi connectivity index (χ3v) is 4.80. The maximum absolute atomic E-state index is 11.9. The quantitative estimate of drug-likeness (QED) is 0.495. The minimum atomic E-state index is -1.03. The molecular formula is C23H18O5. The van der Waals surface area contributed by atoms with Crippen LogP contribution in [0.25, 0.3) is 33.4 Å². The van der Waals surface area contributed by atoms with Crippen LogP contribution in [-0.2, 0) is 6.42 Å². The second kappa shape index (κ2) is 6.85. The lowest BCUT2D eigenvalue weighted by molar-refractivity contribution is 0.0697. The lowest BCUT2D eigenvalue weighted by Crippen LogP contribution is -2.04. The molecule has 2 aliphatic rings. The molecule has 5 heteroatoms. The van der Waals surface area contributed by atoms with Gasteiger partial charge in [-0.3, -0.25) is 4.79 Å². The summed E-state index contributed by atoms with van der Waals surface area (Å²) in [4.78, 5) is 23.8. The molecule has 140 valence electrons. The number of fused-ring (bicyclic) bond motifs is 2. The third kappa shape index (κ3) is 3.01. The molecule has 2 aromatic rings. The molecule has 0 spiro atoms. The number of benzene rings is 3. The van der Waals surface area contributed by atoms with Crippen molar-refractivity contribution in [1.82, 2.24) is 0 Å². The van der Waals surface area contributed by atoms with Crippen LogP contribution in [0.15, 0.2) is 63.8 Å². The minimum Gasteiger partial charge on any atom is -0.508 e. The Morgan fingerprint density at radius 3 is 2.57 bits per heavy atom. The largest absolute Gasteiger partial charge is 0.508 e. The Bertz CT molecular complexity index is 1240. The number of carbonyl (C=O) groups is 1. The van der Waals surface area contributed by atoms with E-state index in [1.807, 2.05) is 12.1 Å². The first-order valence-electron chi connectivity index (χ1n) is 9.04. The molecule has 2 aromatic carbocycles. The van der Waals surface area contributed by atoms with Gasteiger partial charge >= 0.3 is 5.97 Å². The molecule has 0 atom stereocenters. The zero-order chi connectivity index (χ0) is 19.8. The molecule has 2 N–H and O–H groups in total. The summed E-state index contributed by atoms with van der Waals surface area (Å²) in [6.45, 7) is 2.07. The van der Waals surface area contributed by atoms with Crippen molar-refractivity contribution in [2.24, 2.45) is 0 Å². The number of hydrogen-bond acceptors (Lipinski definition) is 4. The normalized spacial score (nSPS) is 11.2. The zero-order valence-corrected chi connectivity index (χ0v) is 15.2. The van der Waals surface area contributed by atoms with Crippen molar-refractivity contribution in [2.75, 3.05) is 0 Å². The van der Waals surface area contributed by atoms with E-state index in [1.165, 1.54) is 24.3 Å². The van der Waals surface area contributed by atoms with Crippen molar-refractivity contribution in [3.8, 4) is 28.2 Å². The van der Waals surface area contributed by atoms with Crippen LogP contribution in [0.1, 0.15) is 29.3 Å². The first-order chi connectivity index (χ1) is 13.5. The Kier molecular flexibility index (Phi) is 4.35. The van der Waals surface area contributed by atoms with Gasteiger partial charge in [0.15, 0.2) is 5.43 Å². The number of rotatable bonds is 4. The van der Waals surface area contributed by atoms with Crippen LogP contribution < -0.4 is 5.43 Å². The van der Waals surface area contributed by atoms with Gasteiger partial charge in [-0.1, -0.05) is 25.5 Å². The van der Waals surface area contributed by atoms with Gasteiger partial charge in [0.1, 0.15) is 17.1 Å². The number of phenols is 1. The van der Waals surface area contributed by atoms with E-state index in [9.17, 15) is 19.8 Å². The molecule has 0 unspecified atom stereocenters. The highest BCUT2D eigenvalue weighted by atomic mass is 16.4. The fourth-order valence-corrected chi connectivity index (χ4v) is 3.58. The van der Waals surface area contributed by atoms with Crippen LogP contribution in [-0.4, -0.2) is 16.2 Å². The number of carboxylic acids is 1. The maximum atomic E-state index is 11.9. The Morgan fingerprint density at radius 1 is 1.00 bits per heavy atom. The molecule has 1 aliphatic heterocycles. The summed E-state index contributed by atoms with van der Waals surface area (Å²) < 4.78 is 5.84. The highest BCUT2D eigenvalue weighted by molar-refractivity contribution is 6.07. The maximum Gasteiger partial charge on any atom is 0.336 e.